The van der Waals surface area contributed by atoms with E-state index < -0.39 is 45.2 Å². The molecule has 2 atom stereocenters. The number of rotatable bonds is 4. The molecule has 1 fully saturated rings. The van der Waals surface area contributed by atoms with E-state index in [1.807, 2.05) is 0 Å². The Bertz CT molecular complexity index is 1080. The Balaban J connectivity index is 1.91. The summed E-state index contributed by atoms with van der Waals surface area (Å²) in [7, 11) is -2.25. The zero-order valence-electron chi connectivity index (χ0n) is 16.0. The molecule has 160 valence electrons. The highest BCUT2D eigenvalue weighted by Gasteiger charge is 2.44. The Morgan fingerprint density at radius 3 is 2.40 bits per heavy atom. The maximum Gasteiger partial charge on any atom is 0.416 e. The monoisotopic (exact) mass is 441 g/mol. The average molecular weight is 441 g/mol. The number of aromatic nitrogens is 1. The first-order valence-electron chi connectivity index (χ1n) is 8.77. The van der Waals surface area contributed by atoms with E-state index in [9.17, 15) is 31.2 Å². The van der Waals surface area contributed by atoms with Crippen molar-refractivity contribution in [3.05, 3.63) is 53.7 Å². The fourth-order valence-corrected chi connectivity index (χ4v) is 4.17. The van der Waals surface area contributed by atoms with Crippen molar-refractivity contribution in [1.29, 1.82) is 0 Å². The Kier molecular flexibility index (Phi) is 5.59. The lowest BCUT2D eigenvalue weighted by Gasteiger charge is -2.18. The Labute approximate surface area is 170 Å². The first-order chi connectivity index (χ1) is 13.9. The fourth-order valence-electron chi connectivity index (χ4n) is 3.40. The number of alkyl halides is 3. The van der Waals surface area contributed by atoms with Crippen molar-refractivity contribution in [2.45, 2.75) is 17.1 Å². The molecule has 7 nitrogen and oxygen atoms in total. The summed E-state index contributed by atoms with van der Waals surface area (Å²) in [5, 5.41) is 2.09. The molecular formula is C19H18F3N3O4S. The van der Waals surface area contributed by atoms with E-state index in [-0.39, 0.29) is 17.3 Å². The number of sulfone groups is 1. The molecule has 2 aromatic rings. The predicted molar refractivity (Wildman–Crippen MR) is 101 cm³/mol. The molecule has 2 amide bonds. The average Bonchev–Trinajstić information content (AvgIpc) is 2.95. The molecule has 0 unspecified atom stereocenters. The van der Waals surface area contributed by atoms with Crippen LogP contribution in [0.15, 0.2) is 47.6 Å². The van der Waals surface area contributed by atoms with Gasteiger partial charge in [0.15, 0.2) is 14.9 Å². The van der Waals surface area contributed by atoms with Crippen LogP contribution in [0.3, 0.4) is 0 Å². The van der Waals surface area contributed by atoms with Gasteiger partial charge in [-0.3, -0.25) is 9.59 Å². The third kappa shape index (κ3) is 4.30. The number of pyridine rings is 1. The zero-order valence-corrected chi connectivity index (χ0v) is 16.8. The van der Waals surface area contributed by atoms with Crippen molar-refractivity contribution in [2.75, 3.05) is 25.2 Å². The van der Waals surface area contributed by atoms with Crippen molar-refractivity contribution in [2.24, 2.45) is 5.92 Å². The Hall–Kier alpha value is -2.95. The molecule has 1 aromatic heterocycles. The lowest BCUT2D eigenvalue weighted by molar-refractivity contribution is -0.138. The summed E-state index contributed by atoms with van der Waals surface area (Å²) < 4.78 is 62.2. The van der Waals surface area contributed by atoms with E-state index in [0.717, 1.165) is 18.4 Å². The number of anilines is 1. The number of nitrogens with one attached hydrogen (secondary N) is 1. The third-order valence-corrected chi connectivity index (χ3v) is 5.87. The molecular weight excluding hydrogens is 423 g/mol. The highest BCUT2D eigenvalue weighted by Crippen LogP contribution is 2.36. The topological polar surface area (TPSA) is 96.4 Å². The SMILES string of the molecule is CN1C[C@H](c2ccc(C(F)(F)F)cc2)[C@@H](C(=O)Nc2cccnc2S(C)(=O)=O)C1=O. The maximum atomic E-state index is 12.9. The summed E-state index contributed by atoms with van der Waals surface area (Å²) in [6.45, 7) is 0.133. The molecule has 1 aliphatic heterocycles. The third-order valence-electron chi connectivity index (χ3n) is 4.84. The number of nitrogens with zero attached hydrogens (tertiary/aromatic N) is 2. The number of hydrogen-bond acceptors (Lipinski definition) is 5. The Morgan fingerprint density at radius 1 is 1.20 bits per heavy atom. The zero-order chi connectivity index (χ0) is 22.3. The van der Waals surface area contributed by atoms with E-state index in [0.29, 0.717) is 5.56 Å². The minimum atomic E-state index is -4.50. The largest absolute Gasteiger partial charge is 0.416 e. The van der Waals surface area contributed by atoms with E-state index in [1.165, 1.54) is 42.4 Å². The van der Waals surface area contributed by atoms with Crippen LogP contribution in [0, 0.1) is 5.92 Å². The number of halogens is 3. The second-order valence-electron chi connectivity index (χ2n) is 7.04. The molecule has 1 N–H and O–H groups in total. The van der Waals surface area contributed by atoms with E-state index >= 15 is 0 Å². The van der Waals surface area contributed by atoms with Gasteiger partial charge in [0.05, 0.1) is 11.3 Å². The smallest absolute Gasteiger partial charge is 0.344 e. The summed E-state index contributed by atoms with van der Waals surface area (Å²) in [6, 6.07) is 7.06. The molecule has 0 aliphatic carbocycles. The molecule has 30 heavy (non-hydrogen) atoms. The van der Waals surface area contributed by atoms with E-state index in [4.69, 9.17) is 0 Å². The first-order valence-corrected chi connectivity index (χ1v) is 10.7. The van der Waals surface area contributed by atoms with Gasteiger partial charge in [0.1, 0.15) is 5.92 Å². The maximum absolute atomic E-state index is 12.9. The number of carbonyl (C=O) groups excluding carboxylic acids is 2. The number of benzene rings is 1. The van der Waals surface area contributed by atoms with Gasteiger partial charge in [0.2, 0.25) is 11.8 Å². The van der Waals surface area contributed by atoms with Crippen molar-refractivity contribution < 1.29 is 31.2 Å². The summed E-state index contributed by atoms with van der Waals surface area (Å²) in [4.78, 5) is 30.6. The minimum Gasteiger partial charge on any atom is -0.344 e. The normalized spacial score (nSPS) is 19.8. The molecule has 11 heteroatoms. The van der Waals surface area contributed by atoms with Gasteiger partial charge >= 0.3 is 6.18 Å². The lowest BCUT2D eigenvalue weighted by atomic mass is 9.87. The Morgan fingerprint density at radius 2 is 1.83 bits per heavy atom. The second-order valence-corrected chi connectivity index (χ2v) is 8.97. The second kappa shape index (κ2) is 7.71. The molecule has 0 radical (unpaired) electrons. The van der Waals surface area contributed by atoms with Gasteiger partial charge in [-0.1, -0.05) is 12.1 Å². The van der Waals surface area contributed by atoms with Crippen LogP contribution >= 0.6 is 0 Å². The number of likely N-dealkylation sites (N-methyl/N-ethyl adjacent to an activating group) is 1. The van der Waals surface area contributed by atoms with Crippen molar-refractivity contribution in [1.82, 2.24) is 9.88 Å². The first kappa shape index (κ1) is 21.8. The molecule has 0 spiro atoms. The summed E-state index contributed by atoms with van der Waals surface area (Å²) >= 11 is 0. The standard InChI is InChI=1S/C19H18F3N3O4S/c1-25-10-13(11-5-7-12(8-6-11)19(20,21)22)15(18(25)27)16(26)24-14-4-3-9-23-17(14)30(2,28)29/h3-9,13,15H,10H2,1-2H3,(H,24,26)/t13-,15+/m1/s1. The van der Waals surface area contributed by atoms with Crippen LogP contribution in [0.4, 0.5) is 18.9 Å². The van der Waals surface area contributed by atoms with Gasteiger partial charge in [-0.15, -0.1) is 0 Å². The van der Waals surface area contributed by atoms with Gasteiger partial charge in [-0.25, -0.2) is 13.4 Å². The van der Waals surface area contributed by atoms with Crippen molar-refractivity contribution >= 4 is 27.3 Å². The van der Waals surface area contributed by atoms with Crippen LogP contribution in [0.25, 0.3) is 0 Å². The molecule has 1 aliphatic rings. The van der Waals surface area contributed by atoms with E-state index in [2.05, 4.69) is 10.3 Å². The van der Waals surface area contributed by atoms with E-state index in [1.54, 1.807) is 0 Å². The van der Waals surface area contributed by atoms with Gasteiger partial charge < -0.3 is 10.2 Å². The van der Waals surface area contributed by atoms with Crippen LogP contribution in [0.2, 0.25) is 0 Å². The molecule has 0 bridgehead atoms. The number of amides is 2. The highest BCUT2D eigenvalue weighted by atomic mass is 32.2. The lowest BCUT2D eigenvalue weighted by Crippen LogP contribution is -2.33. The number of carbonyl (C=O) groups is 2. The molecule has 0 saturated carbocycles. The summed E-state index contributed by atoms with van der Waals surface area (Å²) in [5.41, 5.74) is -0.507. The van der Waals surface area contributed by atoms with Crippen molar-refractivity contribution in [3.8, 4) is 0 Å². The number of hydrogen-bond donors (Lipinski definition) is 1. The van der Waals surface area contributed by atoms with Gasteiger partial charge in [0.25, 0.3) is 0 Å². The van der Waals surface area contributed by atoms with Crippen LogP contribution in [0.5, 0.6) is 0 Å². The van der Waals surface area contributed by atoms with Gasteiger partial charge in [0, 0.05) is 32.0 Å². The molecule has 1 aromatic carbocycles. The molecule has 1 saturated heterocycles. The number of likely N-dealkylation sites (tertiary alicyclic amines) is 1. The quantitative estimate of drug-likeness (QED) is 0.735. The van der Waals surface area contributed by atoms with Crippen LogP contribution in [-0.4, -0.2) is 50.0 Å². The molecule has 2 heterocycles. The van der Waals surface area contributed by atoms with Crippen LogP contribution in [0.1, 0.15) is 17.0 Å². The predicted octanol–water partition coefficient (Wildman–Crippen LogP) is 2.31. The summed E-state index contributed by atoms with van der Waals surface area (Å²) in [6.07, 6.45) is -2.31. The fraction of sp³-hybridized carbons (Fsp3) is 0.316. The van der Waals surface area contributed by atoms with Crippen molar-refractivity contribution in [3.63, 3.8) is 0 Å². The molecule has 3 rings (SSSR count). The minimum absolute atomic E-state index is 0.0708. The highest BCUT2D eigenvalue weighted by molar-refractivity contribution is 7.90. The van der Waals surface area contributed by atoms with Crippen LogP contribution in [-0.2, 0) is 25.6 Å². The summed E-state index contributed by atoms with van der Waals surface area (Å²) in [5.74, 6) is -3.18. The van der Waals surface area contributed by atoms with Gasteiger partial charge in [-0.05, 0) is 29.8 Å². The van der Waals surface area contributed by atoms with Gasteiger partial charge in [-0.2, -0.15) is 13.2 Å². The van der Waals surface area contributed by atoms with Crippen LogP contribution < -0.4 is 5.32 Å².